The summed E-state index contributed by atoms with van der Waals surface area (Å²) in [6.45, 7) is 1.94. The van der Waals surface area contributed by atoms with Gasteiger partial charge in [-0.05, 0) is 42.8 Å². The Bertz CT molecular complexity index is 558. The third-order valence-corrected chi connectivity index (χ3v) is 2.51. The average Bonchev–Trinajstić information content (AvgIpc) is 2.77. The standard InChI is InChI=1S/C13H13NO3/c1-8-7-9(14)3-4-10(8)11-5-6-12(17-11)13(15)16-2/h3-7H,14H2,1-2H3. The second-order valence-electron chi connectivity index (χ2n) is 3.73. The summed E-state index contributed by atoms with van der Waals surface area (Å²) in [5.41, 5.74) is 8.28. The zero-order valence-electron chi connectivity index (χ0n) is 9.69. The summed E-state index contributed by atoms with van der Waals surface area (Å²) in [6.07, 6.45) is 0. The number of nitrogen functional groups attached to an aromatic ring is 1. The van der Waals surface area contributed by atoms with Crippen molar-refractivity contribution in [2.75, 3.05) is 12.8 Å². The molecule has 0 aliphatic rings. The minimum absolute atomic E-state index is 0.193. The quantitative estimate of drug-likeness (QED) is 0.637. The number of nitrogens with two attached hydrogens (primary N) is 1. The number of methoxy groups -OCH3 is 1. The largest absolute Gasteiger partial charge is 0.463 e. The van der Waals surface area contributed by atoms with Crippen molar-refractivity contribution < 1.29 is 13.9 Å². The summed E-state index contributed by atoms with van der Waals surface area (Å²) < 4.78 is 10.0. The number of anilines is 1. The number of furan rings is 1. The number of aryl methyl sites for hydroxylation is 1. The lowest BCUT2D eigenvalue weighted by Crippen LogP contribution is -1.98. The fourth-order valence-electron chi connectivity index (χ4n) is 1.66. The Hall–Kier alpha value is -2.23. The van der Waals surface area contributed by atoms with Gasteiger partial charge in [0.05, 0.1) is 7.11 Å². The lowest BCUT2D eigenvalue weighted by Gasteiger charge is -2.03. The predicted octanol–water partition coefficient (Wildman–Crippen LogP) is 2.62. The monoisotopic (exact) mass is 231 g/mol. The van der Waals surface area contributed by atoms with Gasteiger partial charge in [0.15, 0.2) is 0 Å². The highest BCUT2D eigenvalue weighted by atomic mass is 16.5. The van der Waals surface area contributed by atoms with Gasteiger partial charge in [-0.3, -0.25) is 0 Å². The van der Waals surface area contributed by atoms with Crippen molar-refractivity contribution in [1.82, 2.24) is 0 Å². The Morgan fingerprint density at radius 2 is 2.06 bits per heavy atom. The molecule has 0 bridgehead atoms. The van der Waals surface area contributed by atoms with Crippen LogP contribution in [0.3, 0.4) is 0 Å². The first-order valence-electron chi connectivity index (χ1n) is 5.16. The molecule has 0 fully saturated rings. The molecule has 1 aromatic carbocycles. The molecule has 0 spiro atoms. The molecule has 0 saturated heterocycles. The second-order valence-corrected chi connectivity index (χ2v) is 3.73. The van der Waals surface area contributed by atoms with Crippen LogP contribution < -0.4 is 5.73 Å². The molecule has 4 nitrogen and oxygen atoms in total. The lowest BCUT2D eigenvalue weighted by atomic mass is 10.1. The van der Waals surface area contributed by atoms with E-state index in [4.69, 9.17) is 10.2 Å². The highest BCUT2D eigenvalue weighted by Crippen LogP contribution is 2.27. The SMILES string of the molecule is COC(=O)c1ccc(-c2ccc(N)cc2C)o1. The number of hydrogen-bond acceptors (Lipinski definition) is 4. The molecule has 0 amide bonds. The van der Waals surface area contributed by atoms with Crippen LogP contribution in [0.1, 0.15) is 16.1 Å². The van der Waals surface area contributed by atoms with Crippen LogP contribution in [0.5, 0.6) is 0 Å². The molecule has 0 aliphatic carbocycles. The molecule has 0 atom stereocenters. The lowest BCUT2D eigenvalue weighted by molar-refractivity contribution is 0.0566. The van der Waals surface area contributed by atoms with Crippen LogP contribution in [0, 0.1) is 6.92 Å². The van der Waals surface area contributed by atoms with Crippen molar-refractivity contribution in [1.29, 1.82) is 0 Å². The molecule has 2 N–H and O–H groups in total. The van der Waals surface area contributed by atoms with E-state index in [1.165, 1.54) is 7.11 Å². The minimum atomic E-state index is -0.482. The smallest absolute Gasteiger partial charge is 0.373 e. The van der Waals surface area contributed by atoms with E-state index in [0.29, 0.717) is 11.4 Å². The van der Waals surface area contributed by atoms with Crippen LogP contribution in [0.25, 0.3) is 11.3 Å². The van der Waals surface area contributed by atoms with E-state index in [-0.39, 0.29) is 5.76 Å². The first-order valence-corrected chi connectivity index (χ1v) is 5.16. The van der Waals surface area contributed by atoms with Crippen LogP contribution in [-0.2, 0) is 4.74 Å². The van der Waals surface area contributed by atoms with E-state index in [1.54, 1.807) is 18.2 Å². The molecule has 1 aromatic heterocycles. The van der Waals surface area contributed by atoms with Gasteiger partial charge in [-0.25, -0.2) is 4.79 Å². The van der Waals surface area contributed by atoms with Crippen molar-refractivity contribution in [2.24, 2.45) is 0 Å². The fraction of sp³-hybridized carbons (Fsp3) is 0.154. The Labute approximate surface area is 99.0 Å². The van der Waals surface area contributed by atoms with Crippen LogP contribution in [-0.4, -0.2) is 13.1 Å². The van der Waals surface area contributed by atoms with Gasteiger partial charge in [0.2, 0.25) is 5.76 Å². The number of rotatable bonds is 2. The van der Waals surface area contributed by atoms with E-state index in [0.717, 1.165) is 11.1 Å². The zero-order valence-corrected chi connectivity index (χ0v) is 9.69. The highest BCUT2D eigenvalue weighted by molar-refractivity contribution is 5.87. The average molecular weight is 231 g/mol. The Morgan fingerprint density at radius 3 is 2.71 bits per heavy atom. The Morgan fingerprint density at radius 1 is 1.29 bits per heavy atom. The normalized spacial score (nSPS) is 10.2. The summed E-state index contributed by atoms with van der Waals surface area (Å²) in [5.74, 6) is 0.339. The number of carbonyl (C=O) groups excluding carboxylic acids is 1. The van der Waals surface area contributed by atoms with Crippen LogP contribution >= 0.6 is 0 Å². The van der Waals surface area contributed by atoms with Gasteiger partial charge >= 0.3 is 5.97 Å². The zero-order chi connectivity index (χ0) is 12.4. The number of hydrogen-bond donors (Lipinski definition) is 1. The van der Waals surface area contributed by atoms with Gasteiger partial charge < -0.3 is 14.9 Å². The molecule has 0 unspecified atom stereocenters. The predicted molar refractivity (Wildman–Crippen MR) is 64.6 cm³/mol. The number of benzene rings is 1. The topological polar surface area (TPSA) is 65.5 Å². The van der Waals surface area contributed by atoms with Crippen molar-refractivity contribution in [3.05, 3.63) is 41.7 Å². The van der Waals surface area contributed by atoms with Crippen molar-refractivity contribution in [3.63, 3.8) is 0 Å². The van der Waals surface area contributed by atoms with Crippen molar-refractivity contribution in [3.8, 4) is 11.3 Å². The molecule has 4 heteroatoms. The summed E-state index contributed by atoms with van der Waals surface area (Å²) >= 11 is 0. The number of carbonyl (C=O) groups is 1. The fourth-order valence-corrected chi connectivity index (χ4v) is 1.66. The summed E-state index contributed by atoms with van der Waals surface area (Å²) in [5, 5.41) is 0. The van der Waals surface area contributed by atoms with E-state index >= 15 is 0 Å². The highest BCUT2D eigenvalue weighted by Gasteiger charge is 2.13. The number of ether oxygens (including phenoxy) is 1. The van der Waals surface area contributed by atoms with Crippen molar-refractivity contribution in [2.45, 2.75) is 6.92 Å². The molecule has 2 rings (SSSR count). The van der Waals surface area contributed by atoms with Gasteiger partial charge in [-0.15, -0.1) is 0 Å². The maximum absolute atomic E-state index is 11.3. The second kappa shape index (κ2) is 4.33. The third kappa shape index (κ3) is 2.15. The first kappa shape index (κ1) is 11.3. The summed E-state index contributed by atoms with van der Waals surface area (Å²) in [6, 6.07) is 8.85. The van der Waals surface area contributed by atoms with Gasteiger partial charge in [0.25, 0.3) is 0 Å². The van der Waals surface area contributed by atoms with Crippen molar-refractivity contribution >= 4 is 11.7 Å². The molecule has 1 heterocycles. The van der Waals surface area contributed by atoms with Crippen LogP contribution in [0.4, 0.5) is 5.69 Å². The maximum Gasteiger partial charge on any atom is 0.373 e. The Balaban J connectivity index is 2.40. The van der Waals surface area contributed by atoms with E-state index in [2.05, 4.69) is 4.74 Å². The first-order chi connectivity index (χ1) is 8.11. The summed E-state index contributed by atoms with van der Waals surface area (Å²) in [4.78, 5) is 11.3. The third-order valence-electron chi connectivity index (χ3n) is 2.51. The molecule has 0 saturated carbocycles. The van der Waals surface area contributed by atoms with Crippen LogP contribution in [0.15, 0.2) is 34.7 Å². The number of esters is 1. The summed E-state index contributed by atoms with van der Waals surface area (Å²) in [7, 11) is 1.32. The van der Waals surface area contributed by atoms with E-state index in [9.17, 15) is 4.79 Å². The molecule has 0 aliphatic heterocycles. The van der Waals surface area contributed by atoms with E-state index < -0.39 is 5.97 Å². The molecule has 88 valence electrons. The molecule has 0 radical (unpaired) electrons. The van der Waals surface area contributed by atoms with Gasteiger partial charge in [0.1, 0.15) is 5.76 Å². The minimum Gasteiger partial charge on any atom is -0.463 e. The molecule has 2 aromatic rings. The molecule has 17 heavy (non-hydrogen) atoms. The molecular weight excluding hydrogens is 218 g/mol. The van der Waals surface area contributed by atoms with Gasteiger partial charge in [-0.1, -0.05) is 0 Å². The van der Waals surface area contributed by atoms with Gasteiger partial charge in [0, 0.05) is 11.3 Å². The maximum atomic E-state index is 11.3. The van der Waals surface area contributed by atoms with Gasteiger partial charge in [-0.2, -0.15) is 0 Å². The Kier molecular flexibility index (Phi) is 2.87. The van der Waals surface area contributed by atoms with E-state index in [1.807, 2.05) is 19.1 Å². The van der Waals surface area contributed by atoms with Crippen LogP contribution in [0.2, 0.25) is 0 Å². The molecular formula is C13H13NO3.